The second-order valence-electron chi connectivity index (χ2n) is 5.24. The fourth-order valence-corrected chi connectivity index (χ4v) is 2.09. The standard InChI is InChI=1S/C15H18N2/c1-12-10-13-6-4-5-7-14(13)17(12)9-8-15(2,3)11-16/h4-7,10H,8-9H2,1-3H3. The Kier molecular flexibility index (Phi) is 2.93. The zero-order valence-corrected chi connectivity index (χ0v) is 10.7. The average Bonchev–Trinajstić information content (AvgIpc) is 2.62. The third-order valence-electron chi connectivity index (χ3n) is 3.28. The zero-order chi connectivity index (χ0) is 12.5. The number of hydrogen-bond donors (Lipinski definition) is 0. The van der Waals surface area contributed by atoms with E-state index in [-0.39, 0.29) is 5.41 Å². The van der Waals surface area contributed by atoms with Crippen molar-refractivity contribution in [2.24, 2.45) is 5.41 Å². The van der Waals surface area contributed by atoms with Crippen LogP contribution in [0.25, 0.3) is 10.9 Å². The molecule has 0 bridgehead atoms. The molecule has 0 radical (unpaired) electrons. The number of hydrogen-bond acceptors (Lipinski definition) is 1. The van der Waals surface area contributed by atoms with Crippen molar-refractivity contribution in [3.05, 3.63) is 36.0 Å². The first-order valence-electron chi connectivity index (χ1n) is 6.00. The van der Waals surface area contributed by atoms with Crippen molar-refractivity contribution >= 4 is 10.9 Å². The highest BCUT2D eigenvalue weighted by Gasteiger charge is 2.17. The van der Waals surface area contributed by atoms with E-state index in [9.17, 15) is 0 Å². The molecule has 0 saturated heterocycles. The topological polar surface area (TPSA) is 28.7 Å². The van der Waals surface area contributed by atoms with E-state index >= 15 is 0 Å². The van der Waals surface area contributed by atoms with E-state index in [1.54, 1.807) is 0 Å². The summed E-state index contributed by atoms with van der Waals surface area (Å²) in [4.78, 5) is 0. The lowest BCUT2D eigenvalue weighted by Gasteiger charge is -2.16. The molecule has 0 aliphatic rings. The molecule has 1 aromatic carbocycles. The lowest BCUT2D eigenvalue weighted by atomic mass is 9.91. The van der Waals surface area contributed by atoms with Crippen LogP contribution >= 0.6 is 0 Å². The SMILES string of the molecule is Cc1cc2ccccc2n1CCC(C)(C)C#N. The number of fused-ring (bicyclic) bond motifs is 1. The van der Waals surface area contributed by atoms with E-state index in [1.165, 1.54) is 16.6 Å². The van der Waals surface area contributed by atoms with Gasteiger partial charge in [0.2, 0.25) is 0 Å². The normalized spacial score (nSPS) is 11.6. The third-order valence-corrected chi connectivity index (χ3v) is 3.28. The third kappa shape index (κ3) is 2.34. The quantitative estimate of drug-likeness (QED) is 0.780. The number of aryl methyl sites for hydroxylation is 2. The van der Waals surface area contributed by atoms with Crippen molar-refractivity contribution in [3.63, 3.8) is 0 Å². The minimum Gasteiger partial charge on any atom is -0.345 e. The van der Waals surface area contributed by atoms with E-state index in [0.29, 0.717) is 0 Å². The first-order chi connectivity index (χ1) is 8.03. The van der Waals surface area contributed by atoms with Crippen molar-refractivity contribution in [2.45, 2.75) is 33.7 Å². The van der Waals surface area contributed by atoms with Crippen LogP contribution in [0.3, 0.4) is 0 Å². The number of nitriles is 1. The van der Waals surface area contributed by atoms with Crippen LogP contribution in [0.5, 0.6) is 0 Å². The molecule has 0 spiro atoms. The van der Waals surface area contributed by atoms with Gasteiger partial charge in [-0.05, 0) is 44.7 Å². The molecular weight excluding hydrogens is 208 g/mol. The minimum atomic E-state index is -0.252. The molecule has 0 atom stereocenters. The summed E-state index contributed by atoms with van der Waals surface area (Å²) in [6.45, 7) is 7.02. The number of nitrogens with zero attached hydrogens (tertiary/aromatic N) is 2. The Balaban J connectivity index is 2.31. The summed E-state index contributed by atoms with van der Waals surface area (Å²) >= 11 is 0. The van der Waals surface area contributed by atoms with Crippen LogP contribution in [0.1, 0.15) is 26.0 Å². The Morgan fingerprint density at radius 1 is 1.29 bits per heavy atom. The van der Waals surface area contributed by atoms with Crippen LogP contribution in [0.15, 0.2) is 30.3 Å². The fourth-order valence-electron chi connectivity index (χ4n) is 2.09. The summed E-state index contributed by atoms with van der Waals surface area (Å²) in [6.07, 6.45) is 0.878. The van der Waals surface area contributed by atoms with Crippen LogP contribution in [0.4, 0.5) is 0 Å². The smallest absolute Gasteiger partial charge is 0.0684 e. The van der Waals surface area contributed by atoms with Gasteiger partial charge in [0.25, 0.3) is 0 Å². The Morgan fingerprint density at radius 2 is 2.00 bits per heavy atom. The monoisotopic (exact) mass is 226 g/mol. The van der Waals surface area contributed by atoms with Crippen LogP contribution in [0.2, 0.25) is 0 Å². The molecule has 0 amide bonds. The van der Waals surface area contributed by atoms with E-state index in [4.69, 9.17) is 5.26 Å². The van der Waals surface area contributed by atoms with Crippen molar-refractivity contribution in [2.75, 3.05) is 0 Å². The van der Waals surface area contributed by atoms with E-state index in [1.807, 2.05) is 13.8 Å². The summed E-state index contributed by atoms with van der Waals surface area (Å²) < 4.78 is 2.30. The summed E-state index contributed by atoms with van der Waals surface area (Å²) in [5, 5.41) is 10.3. The first kappa shape index (κ1) is 11.7. The van der Waals surface area contributed by atoms with Gasteiger partial charge in [-0.15, -0.1) is 0 Å². The van der Waals surface area contributed by atoms with Crippen LogP contribution < -0.4 is 0 Å². The summed E-state index contributed by atoms with van der Waals surface area (Å²) in [7, 11) is 0. The summed E-state index contributed by atoms with van der Waals surface area (Å²) in [5.41, 5.74) is 2.27. The van der Waals surface area contributed by atoms with E-state index in [0.717, 1.165) is 13.0 Å². The Bertz CT molecular complexity index is 570. The van der Waals surface area contributed by atoms with Crippen LogP contribution in [0, 0.1) is 23.7 Å². The first-order valence-corrected chi connectivity index (χ1v) is 6.00. The van der Waals surface area contributed by atoms with Gasteiger partial charge in [0.05, 0.1) is 11.5 Å². The number of aromatic nitrogens is 1. The molecule has 2 nitrogen and oxygen atoms in total. The van der Waals surface area contributed by atoms with Gasteiger partial charge < -0.3 is 4.57 Å². The predicted molar refractivity (Wildman–Crippen MR) is 70.7 cm³/mol. The Hall–Kier alpha value is -1.75. The molecule has 2 heteroatoms. The van der Waals surface area contributed by atoms with Crippen LogP contribution in [-0.4, -0.2) is 4.57 Å². The van der Waals surface area contributed by atoms with Gasteiger partial charge >= 0.3 is 0 Å². The maximum Gasteiger partial charge on any atom is 0.0684 e. The largest absolute Gasteiger partial charge is 0.345 e. The van der Waals surface area contributed by atoms with Gasteiger partial charge in [0, 0.05) is 17.8 Å². The van der Waals surface area contributed by atoms with Crippen molar-refractivity contribution in [1.82, 2.24) is 4.57 Å². The molecule has 1 heterocycles. The maximum atomic E-state index is 9.05. The highest BCUT2D eigenvalue weighted by molar-refractivity contribution is 5.81. The predicted octanol–water partition coefficient (Wildman–Crippen LogP) is 3.89. The molecule has 17 heavy (non-hydrogen) atoms. The van der Waals surface area contributed by atoms with Crippen LogP contribution in [-0.2, 0) is 6.54 Å². The Morgan fingerprint density at radius 3 is 2.71 bits per heavy atom. The van der Waals surface area contributed by atoms with E-state index < -0.39 is 0 Å². The second-order valence-corrected chi connectivity index (χ2v) is 5.24. The molecule has 2 rings (SSSR count). The van der Waals surface area contributed by atoms with Crippen molar-refractivity contribution in [1.29, 1.82) is 5.26 Å². The fraction of sp³-hybridized carbons (Fsp3) is 0.400. The number of para-hydroxylation sites is 1. The molecule has 0 aliphatic heterocycles. The van der Waals surface area contributed by atoms with Gasteiger partial charge in [-0.2, -0.15) is 5.26 Å². The molecule has 1 aromatic heterocycles. The Labute approximate surface area is 102 Å². The highest BCUT2D eigenvalue weighted by Crippen LogP contribution is 2.24. The van der Waals surface area contributed by atoms with Gasteiger partial charge in [0.1, 0.15) is 0 Å². The molecular formula is C15H18N2. The van der Waals surface area contributed by atoms with Gasteiger partial charge in [-0.3, -0.25) is 0 Å². The number of benzene rings is 1. The lowest BCUT2D eigenvalue weighted by molar-refractivity contribution is 0.415. The molecule has 88 valence electrons. The lowest BCUT2D eigenvalue weighted by Crippen LogP contribution is -2.12. The zero-order valence-electron chi connectivity index (χ0n) is 10.7. The highest BCUT2D eigenvalue weighted by atomic mass is 15.0. The minimum absolute atomic E-state index is 0.252. The van der Waals surface area contributed by atoms with Gasteiger partial charge in [-0.25, -0.2) is 0 Å². The van der Waals surface area contributed by atoms with Crippen molar-refractivity contribution < 1.29 is 0 Å². The molecule has 0 N–H and O–H groups in total. The van der Waals surface area contributed by atoms with Gasteiger partial charge in [-0.1, -0.05) is 18.2 Å². The summed E-state index contributed by atoms with van der Waals surface area (Å²) in [6, 6.07) is 13.0. The number of rotatable bonds is 3. The second kappa shape index (κ2) is 4.25. The molecule has 0 fully saturated rings. The van der Waals surface area contributed by atoms with Crippen molar-refractivity contribution in [3.8, 4) is 6.07 Å². The van der Waals surface area contributed by atoms with Gasteiger partial charge in [0.15, 0.2) is 0 Å². The molecule has 0 saturated carbocycles. The maximum absolute atomic E-state index is 9.05. The molecule has 0 unspecified atom stereocenters. The van der Waals surface area contributed by atoms with E-state index in [2.05, 4.69) is 47.9 Å². The average molecular weight is 226 g/mol. The molecule has 0 aliphatic carbocycles. The molecule has 2 aromatic rings. The summed E-state index contributed by atoms with van der Waals surface area (Å²) in [5.74, 6) is 0.